The van der Waals surface area contributed by atoms with E-state index in [1.807, 2.05) is 0 Å². The van der Waals surface area contributed by atoms with E-state index in [0.717, 1.165) is 75.4 Å². The van der Waals surface area contributed by atoms with Gasteiger partial charge in [0.15, 0.2) is 0 Å². The number of fused-ring (bicyclic) bond motifs is 5. The summed E-state index contributed by atoms with van der Waals surface area (Å²) in [6.45, 7) is 16.8. The zero-order chi connectivity index (χ0) is 42.9. The van der Waals surface area contributed by atoms with Crippen LogP contribution in [0.5, 0.6) is 0 Å². The summed E-state index contributed by atoms with van der Waals surface area (Å²) in [6, 6.07) is 0. The normalized spacial score (nSPS) is 28.5. The van der Waals surface area contributed by atoms with Crippen LogP contribution in [0.25, 0.3) is 0 Å². The number of hydrogen-bond donors (Lipinski definition) is 0. The molecule has 4 heteroatoms. The van der Waals surface area contributed by atoms with Crippen molar-refractivity contribution in [1.29, 1.82) is 0 Å². The molecule has 0 aromatic heterocycles. The fourth-order valence-electron chi connectivity index (χ4n) is 12.5. The van der Waals surface area contributed by atoms with E-state index < -0.39 is 0 Å². The van der Waals surface area contributed by atoms with Gasteiger partial charge in [-0.15, -0.1) is 0 Å². The van der Waals surface area contributed by atoms with Crippen molar-refractivity contribution >= 4 is 0 Å². The highest BCUT2D eigenvalue weighted by molar-refractivity contribution is 5.25. The Morgan fingerprint density at radius 3 is 2.08 bits per heavy atom. The Labute approximate surface area is 374 Å². The summed E-state index contributed by atoms with van der Waals surface area (Å²) in [5, 5.41) is 0. The van der Waals surface area contributed by atoms with Crippen LogP contribution in [0.3, 0.4) is 0 Å². The van der Waals surface area contributed by atoms with Gasteiger partial charge in [-0.3, -0.25) is 0 Å². The largest absolute Gasteiger partial charge is 0.379 e. The SMILES string of the molecule is CCCCC/C=C\C/C=C\CCCCCCCCOCC(CN(C)C)OCCCCCCCCO[C@H]1CC[C@@]2(C)C(=CC[C@@H]3[C@@H]2CC[C@]2(C)C(CCCC(C)C)CC[C@@H]32)C1. The van der Waals surface area contributed by atoms with Gasteiger partial charge in [-0.25, -0.2) is 0 Å². The van der Waals surface area contributed by atoms with Crippen molar-refractivity contribution in [2.24, 2.45) is 40.4 Å². The van der Waals surface area contributed by atoms with Gasteiger partial charge in [-0.2, -0.15) is 0 Å². The predicted molar refractivity (Wildman–Crippen MR) is 260 cm³/mol. The third kappa shape index (κ3) is 17.9. The highest BCUT2D eigenvalue weighted by Crippen LogP contribution is 2.67. The Morgan fingerprint density at radius 2 is 1.38 bits per heavy atom. The summed E-state index contributed by atoms with van der Waals surface area (Å²) in [7, 11) is 4.28. The van der Waals surface area contributed by atoms with Gasteiger partial charge in [0.2, 0.25) is 0 Å². The highest BCUT2D eigenvalue weighted by atomic mass is 16.5. The van der Waals surface area contributed by atoms with Crippen LogP contribution in [0.2, 0.25) is 0 Å². The minimum Gasteiger partial charge on any atom is -0.379 e. The molecule has 0 aromatic rings. The third-order valence-corrected chi connectivity index (χ3v) is 16.2. The summed E-state index contributed by atoms with van der Waals surface area (Å²) in [6.07, 6.45) is 51.2. The first-order chi connectivity index (χ1) is 29.2. The maximum Gasteiger partial charge on any atom is 0.0934 e. The Morgan fingerprint density at radius 1 is 0.717 bits per heavy atom. The highest BCUT2D eigenvalue weighted by Gasteiger charge is 2.58. The summed E-state index contributed by atoms with van der Waals surface area (Å²) >= 11 is 0. The second kappa shape index (κ2) is 29.5. The number of rotatable bonds is 34. The molecule has 3 saturated carbocycles. The lowest BCUT2D eigenvalue weighted by molar-refractivity contribution is -0.0590. The van der Waals surface area contributed by atoms with E-state index in [1.165, 1.54) is 173 Å². The number of allylic oxidation sites excluding steroid dienone is 5. The summed E-state index contributed by atoms with van der Waals surface area (Å²) < 4.78 is 19.0. The second-order valence-electron chi connectivity index (χ2n) is 21.7. The van der Waals surface area contributed by atoms with Crippen LogP contribution in [-0.2, 0) is 14.2 Å². The number of nitrogens with zero attached hydrogens (tertiary/aromatic N) is 1. The topological polar surface area (TPSA) is 30.9 Å². The van der Waals surface area contributed by atoms with Gasteiger partial charge < -0.3 is 19.1 Å². The number of hydrogen-bond acceptors (Lipinski definition) is 4. The van der Waals surface area contributed by atoms with Crippen LogP contribution >= 0.6 is 0 Å². The molecule has 0 aromatic carbocycles. The molecule has 4 aliphatic rings. The molecule has 60 heavy (non-hydrogen) atoms. The average molecular weight is 836 g/mol. The molecular formula is C56H101NO3. The van der Waals surface area contributed by atoms with Crippen LogP contribution < -0.4 is 0 Å². The summed E-state index contributed by atoms with van der Waals surface area (Å²) in [4.78, 5) is 2.23. The molecule has 0 radical (unpaired) electrons. The molecule has 0 bridgehead atoms. The molecule has 2 unspecified atom stereocenters. The molecule has 0 N–H and O–H groups in total. The van der Waals surface area contributed by atoms with Crippen molar-refractivity contribution in [2.45, 2.75) is 233 Å². The maximum absolute atomic E-state index is 6.59. The fourth-order valence-corrected chi connectivity index (χ4v) is 12.5. The molecule has 0 spiro atoms. The number of unbranched alkanes of at least 4 members (excludes halogenated alkanes) is 14. The fraction of sp³-hybridized carbons (Fsp3) is 0.893. The smallest absolute Gasteiger partial charge is 0.0934 e. The van der Waals surface area contributed by atoms with Crippen LogP contribution in [0.15, 0.2) is 36.0 Å². The quantitative estimate of drug-likeness (QED) is 0.0477. The number of ether oxygens (including phenoxy) is 3. The molecule has 0 heterocycles. The predicted octanol–water partition coefficient (Wildman–Crippen LogP) is 15.9. The van der Waals surface area contributed by atoms with Gasteiger partial charge in [0.25, 0.3) is 0 Å². The van der Waals surface area contributed by atoms with Crippen molar-refractivity contribution in [1.82, 2.24) is 4.90 Å². The first kappa shape index (κ1) is 51.7. The van der Waals surface area contributed by atoms with E-state index in [9.17, 15) is 0 Å². The lowest BCUT2D eigenvalue weighted by Gasteiger charge is -2.58. The van der Waals surface area contributed by atoms with E-state index in [4.69, 9.17) is 14.2 Å². The lowest BCUT2D eigenvalue weighted by atomic mass is 9.47. The molecule has 0 aliphatic heterocycles. The van der Waals surface area contributed by atoms with Crippen LogP contribution in [-0.4, -0.2) is 64.2 Å². The molecule has 0 saturated heterocycles. The first-order valence-electron chi connectivity index (χ1n) is 26.6. The van der Waals surface area contributed by atoms with Crippen LogP contribution in [0.4, 0.5) is 0 Å². The van der Waals surface area contributed by atoms with E-state index in [2.05, 4.69) is 84.0 Å². The van der Waals surface area contributed by atoms with Crippen LogP contribution in [0.1, 0.15) is 221 Å². The monoisotopic (exact) mass is 836 g/mol. The summed E-state index contributed by atoms with van der Waals surface area (Å²) in [5.74, 6) is 4.66. The van der Waals surface area contributed by atoms with Crippen molar-refractivity contribution in [3.63, 3.8) is 0 Å². The second-order valence-corrected chi connectivity index (χ2v) is 21.7. The molecule has 4 nitrogen and oxygen atoms in total. The Balaban J connectivity index is 0.965. The molecule has 8 atom stereocenters. The zero-order valence-corrected chi connectivity index (χ0v) is 41.1. The maximum atomic E-state index is 6.59. The van der Waals surface area contributed by atoms with Crippen molar-refractivity contribution in [2.75, 3.05) is 47.1 Å². The molecular weight excluding hydrogens is 735 g/mol. The van der Waals surface area contributed by atoms with E-state index in [1.54, 1.807) is 5.57 Å². The minimum atomic E-state index is 0.174. The van der Waals surface area contributed by atoms with Crippen LogP contribution in [0, 0.1) is 40.4 Å². The zero-order valence-electron chi connectivity index (χ0n) is 41.1. The average Bonchev–Trinajstić information content (AvgIpc) is 3.56. The van der Waals surface area contributed by atoms with E-state index >= 15 is 0 Å². The van der Waals surface area contributed by atoms with Gasteiger partial charge in [-0.05, 0) is 164 Å². The Hall–Kier alpha value is -0.940. The first-order valence-corrected chi connectivity index (χ1v) is 26.6. The van der Waals surface area contributed by atoms with Crippen molar-refractivity contribution < 1.29 is 14.2 Å². The van der Waals surface area contributed by atoms with E-state index in [0.29, 0.717) is 16.9 Å². The van der Waals surface area contributed by atoms with Crippen molar-refractivity contribution in [3.8, 4) is 0 Å². The van der Waals surface area contributed by atoms with Gasteiger partial charge >= 0.3 is 0 Å². The van der Waals surface area contributed by atoms with Gasteiger partial charge in [-0.1, -0.05) is 148 Å². The Bertz CT molecular complexity index is 1190. The number of likely N-dealkylation sites (N-methyl/N-ethyl adjacent to an activating group) is 1. The lowest BCUT2D eigenvalue weighted by Crippen LogP contribution is -2.50. The minimum absolute atomic E-state index is 0.174. The van der Waals surface area contributed by atoms with Gasteiger partial charge in [0.05, 0.1) is 18.8 Å². The van der Waals surface area contributed by atoms with Gasteiger partial charge in [0.1, 0.15) is 0 Å². The molecule has 3 fully saturated rings. The Kier molecular flexibility index (Phi) is 25.4. The standard InChI is InChI=1S/C56H101NO3/c1-8-9-10-11-12-13-14-15-16-17-18-19-20-21-24-27-41-58-46-51(45-57(6)7)60-43-29-26-23-22-25-28-42-59-50-37-39-56(5)49(44-50)33-35-52-53-36-34-48(32-30-31-47(2)3)55(53,4)40-38-54(52)56/h12-13,15-16,33,47-48,50-54H,8-11,14,17-32,34-46H2,1-7H3/b13-12-,16-15-/t48?,50-,51?,52-,53-,54-,55+,56-/m0/s1. The molecule has 348 valence electrons. The van der Waals surface area contributed by atoms with Crippen molar-refractivity contribution in [3.05, 3.63) is 36.0 Å². The summed E-state index contributed by atoms with van der Waals surface area (Å²) in [5.41, 5.74) is 2.83. The molecule has 4 rings (SSSR count). The molecule has 0 amide bonds. The molecule has 4 aliphatic carbocycles. The third-order valence-electron chi connectivity index (χ3n) is 16.2. The van der Waals surface area contributed by atoms with E-state index in [-0.39, 0.29) is 6.10 Å². The van der Waals surface area contributed by atoms with Gasteiger partial charge in [0, 0.05) is 26.4 Å².